The molecule has 0 aliphatic carbocycles. The number of hydrogen-bond acceptors (Lipinski definition) is 3. The number of carbonyl (C=O) groups excluding carboxylic acids is 1. The molecule has 1 aromatic carbocycles. The third kappa shape index (κ3) is 4.51. The van der Waals surface area contributed by atoms with E-state index in [4.69, 9.17) is 9.47 Å². The molecule has 1 heterocycles. The number of benzene rings is 1. The topological polar surface area (TPSA) is 50.8 Å². The minimum Gasteiger partial charge on any atom is -0.378 e. The van der Waals surface area contributed by atoms with Crippen LogP contribution in [0.2, 0.25) is 0 Å². The predicted molar refractivity (Wildman–Crippen MR) is 76.4 cm³/mol. The molecule has 1 aliphatic rings. The van der Waals surface area contributed by atoms with Gasteiger partial charge in [-0.2, -0.15) is 0 Å². The summed E-state index contributed by atoms with van der Waals surface area (Å²) in [5.41, 5.74) is 2.24. The van der Waals surface area contributed by atoms with Crippen molar-refractivity contribution in [3.05, 3.63) is 35.4 Å². The van der Waals surface area contributed by atoms with Gasteiger partial charge in [0.15, 0.2) is 0 Å². The fraction of sp³-hybridized carbons (Fsp3) is 0.533. The van der Waals surface area contributed by atoms with Crippen LogP contribution in [0.4, 0.5) is 4.79 Å². The van der Waals surface area contributed by atoms with Crippen molar-refractivity contribution in [1.82, 2.24) is 10.2 Å². The van der Waals surface area contributed by atoms with Gasteiger partial charge in [0.05, 0.1) is 19.8 Å². The second-order valence-corrected chi connectivity index (χ2v) is 4.71. The van der Waals surface area contributed by atoms with Crippen molar-refractivity contribution in [3.63, 3.8) is 0 Å². The van der Waals surface area contributed by atoms with Gasteiger partial charge in [-0.15, -0.1) is 0 Å². The Morgan fingerprint density at radius 2 is 1.90 bits per heavy atom. The number of morpholine rings is 1. The molecule has 0 spiro atoms. The average Bonchev–Trinajstić information content (AvgIpc) is 2.52. The second-order valence-electron chi connectivity index (χ2n) is 4.71. The number of ether oxygens (including phenoxy) is 2. The molecule has 1 N–H and O–H groups in total. The highest BCUT2D eigenvalue weighted by atomic mass is 16.5. The number of amides is 2. The number of hydrogen-bond donors (Lipinski definition) is 1. The first kappa shape index (κ1) is 14.8. The highest BCUT2D eigenvalue weighted by Crippen LogP contribution is 2.06. The first-order valence-corrected chi connectivity index (χ1v) is 7.05. The van der Waals surface area contributed by atoms with Crippen LogP contribution >= 0.6 is 0 Å². The largest absolute Gasteiger partial charge is 0.378 e. The van der Waals surface area contributed by atoms with Crippen LogP contribution in [0.15, 0.2) is 24.3 Å². The first-order chi connectivity index (χ1) is 9.79. The fourth-order valence-corrected chi connectivity index (χ4v) is 2.03. The van der Waals surface area contributed by atoms with Crippen LogP contribution in [0.25, 0.3) is 0 Å². The lowest BCUT2D eigenvalue weighted by molar-refractivity contribution is 0.0531. The number of rotatable bonds is 5. The van der Waals surface area contributed by atoms with E-state index in [0.717, 1.165) is 17.7 Å². The molecule has 0 bridgehead atoms. The van der Waals surface area contributed by atoms with Crippen LogP contribution in [-0.2, 0) is 22.6 Å². The lowest BCUT2D eigenvalue weighted by Gasteiger charge is -2.26. The number of nitrogens with zero attached hydrogens (tertiary/aromatic N) is 1. The monoisotopic (exact) mass is 278 g/mol. The summed E-state index contributed by atoms with van der Waals surface area (Å²) in [5, 5.41) is 2.93. The van der Waals surface area contributed by atoms with E-state index >= 15 is 0 Å². The molecule has 1 aromatic rings. The van der Waals surface area contributed by atoms with Gasteiger partial charge in [0.1, 0.15) is 0 Å². The highest BCUT2D eigenvalue weighted by molar-refractivity contribution is 5.74. The van der Waals surface area contributed by atoms with Gasteiger partial charge in [0.25, 0.3) is 0 Å². The summed E-state index contributed by atoms with van der Waals surface area (Å²) in [5.74, 6) is 0. The molecule has 2 rings (SSSR count). The zero-order chi connectivity index (χ0) is 14.2. The van der Waals surface area contributed by atoms with E-state index < -0.39 is 0 Å². The number of urea groups is 1. The van der Waals surface area contributed by atoms with Gasteiger partial charge < -0.3 is 19.7 Å². The molecule has 20 heavy (non-hydrogen) atoms. The average molecular weight is 278 g/mol. The highest BCUT2D eigenvalue weighted by Gasteiger charge is 2.15. The number of carbonyl (C=O) groups is 1. The Balaban J connectivity index is 1.76. The third-order valence-electron chi connectivity index (χ3n) is 3.24. The van der Waals surface area contributed by atoms with Crippen molar-refractivity contribution in [2.75, 3.05) is 32.9 Å². The van der Waals surface area contributed by atoms with Crippen LogP contribution in [-0.4, -0.2) is 43.8 Å². The minimum absolute atomic E-state index is 0.0216. The normalized spacial score (nSPS) is 15.2. The van der Waals surface area contributed by atoms with Gasteiger partial charge >= 0.3 is 6.03 Å². The van der Waals surface area contributed by atoms with Gasteiger partial charge in [-0.25, -0.2) is 4.79 Å². The quantitative estimate of drug-likeness (QED) is 0.893. The molecular weight excluding hydrogens is 256 g/mol. The van der Waals surface area contributed by atoms with Crippen molar-refractivity contribution >= 4 is 6.03 Å². The molecule has 1 saturated heterocycles. The Hall–Kier alpha value is -1.59. The zero-order valence-electron chi connectivity index (χ0n) is 11.9. The van der Waals surface area contributed by atoms with Gasteiger partial charge in [0, 0.05) is 26.2 Å². The van der Waals surface area contributed by atoms with Crippen LogP contribution in [0.1, 0.15) is 18.1 Å². The molecule has 110 valence electrons. The molecule has 0 radical (unpaired) electrons. The van der Waals surface area contributed by atoms with Gasteiger partial charge in [-0.3, -0.25) is 0 Å². The van der Waals surface area contributed by atoms with Crippen molar-refractivity contribution < 1.29 is 14.3 Å². The molecule has 0 aromatic heterocycles. The Morgan fingerprint density at radius 1 is 1.25 bits per heavy atom. The Kier molecular flexibility index (Phi) is 5.83. The molecular formula is C15H22N2O3. The molecule has 5 nitrogen and oxygen atoms in total. The third-order valence-corrected chi connectivity index (χ3v) is 3.24. The summed E-state index contributed by atoms with van der Waals surface area (Å²) >= 11 is 0. The molecule has 5 heteroatoms. The Bertz CT molecular complexity index is 414. The molecule has 2 amide bonds. The van der Waals surface area contributed by atoms with Gasteiger partial charge in [0.2, 0.25) is 0 Å². The lowest BCUT2D eigenvalue weighted by atomic mass is 10.1. The van der Waals surface area contributed by atoms with Crippen molar-refractivity contribution in [3.8, 4) is 0 Å². The molecule has 0 saturated carbocycles. The fourth-order valence-electron chi connectivity index (χ4n) is 2.03. The maximum absolute atomic E-state index is 11.9. The van der Waals surface area contributed by atoms with Gasteiger partial charge in [-0.1, -0.05) is 24.3 Å². The molecule has 1 fully saturated rings. The molecule has 1 aliphatic heterocycles. The Labute approximate surface area is 119 Å². The van der Waals surface area contributed by atoms with Crippen LogP contribution in [0.3, 0.4) is 0 Å². The van der Waals surface area contributed by atoms with Crippen LogP contribution in [0, 0.1) is 0 Å². The van der Waals surface area contributed by atoms with E-state index in [1.54, 1.807) is 4.90 Å². The standard InChI is InChI=1S/C15H22N2O3/c1-2-19-12-14-5-3-13(4-6-14)11-16-15(18)17-7-9-20-10-8-17/h3-6H,2,7-12H2,1H3,(H,16,18). The molecule has 0 unspecified atom stereocenters. The summed E-state index contributed by atoms with van der Waals surface area (Å²) in [6, 6.07) is 8.09. The minimum atomic E-state index is -0.0216. The smallest absolute Gasteiger partial charge is 0.317 e. The first-order valence-electron chi connectivity index (χ1n) is 7.05. The van der Waals surface area contributed by atoms with Crippen molar-refractivity contribution in [2.24, 2.45) is 0 Å². The van der Waals surface area contributed by atoms with Crippen LogP contribution in [0.5, 0.6) is 0 Å². The zero-order valence-corrected chi connectivity index (χ0v) is 11.9. The summed E-state index contributed by atoms with van der Waals surface area (Å²) in [6.45, 7) is 6.46. The van der Waals surface area contributed by atoms with Crippen molar-refractivity contribution in [2.45, 2.75) is 20.1 Å². The summed E-state index contributed by atoms with van der Waals surface area (Å²) < 4.78 is 10.6. The van der Waals surface area contributed by atoms with E-state index in [9.17, 15) is 4.79 Å². The van der Waals surface area contributed by atoms with Crippen LogP contribution < -0.4 is 5.32 Å². The second kappa shape index (κ2) is 7.87. The van der Waals surface area contributed by atoms with E-state index in [-0.39, 0.29) is 6.03 Å². The SMILES string of the molecule is CCOCc1ccc(CNC(=O)N2CCOCC2)cc1. The van der Waals surface area contributed by atoms with E-state index in [1.165, 1.54) is 0 Å². The van der Waals surface area contributed by atoms with Gasteiger partial charge in [-0.05, 0) is 18.1 Å². The van der Waals surface area contributed by atoms with E-state index in [2.05, 4.69) is 5.32 Å². The lowest BCUT2D eigenvalue weighted by Crippen LogP contribution is -2.45. The van der Waals surface area contributed by atoms with E-state index in [1.807, 2.05) is 31.2 Å². The summed E-state index contributed by atoms with van der Waals surface area (Å²) in [7, 11) is 0. The predicted octanol–water partition coefficient (Wildman–Crippen LogP) is 1.76. The molecule has 0 atom stereocenters. The Morgan fingerprint density at radius 3 is 2.55 bits per heavy atom. The summed E-state index contributed by atoms with van der Waals surface area (Å²) in [6.07, 6.45) is 0. The maximum atomic E-state index is 11.9. The number of nitrogens with one attached hydrogen (secondary N) is 1. The van der Waals surface area contributed by atoms with Crippen molar-refractivity contribution in [1.29, 1.82) is 0 Å². The maximum Gasteiger partial charge on any atom is 0.317 e. The van der Waals surface area contributed by atoms with E-state index in [0.29, 0.717) is 39.5 Å². The summed E-state index contributed by atoms with van der Waals surface area (Å²) in [4.78, 5) is 13.7.